The molecule has 1 saturated heterocycles. The number of ether oxygens (including phenoxy) is 2. The maximum atomic E-state index is 12.8. The molecule has 1 fully saturated rings. The molecule has 5 rings (SSSR count). The Kier molecular flexibility index (Phi) is 3.71. The van der Waals surface area contributed by atoms with Gasteiger partial charge in [-0.3, -0.25) is 14.7 Å². The van der Waals surface area contributed by atoms with E-state index in [9.17, 15) is 9.59 Å². The van der Waals surface area contributed by atoms with Crippen molar-refractivity contribution in [3.8, 4) is 11.5 Å². The number of aromatic amines is 1. The second-order valence-corrected chi connectivity index (χ2v) is 7.02. The van der Waals surface area contributed by atoms with E-state index in [0.29, 0.717) is 29.4 Å². The number of anilines is 2. The lowest BCUT2D eigenvalue weighted by Crippen LogP contribution is -2.28. The Morgan fingerprint density at radius 1 is 1.25 bits per heavy atom. The van der Waals surface area contributed by atoms with Gasteiger partial charge in [0.1, 0.15) is 0 Å². The average Bonchev–Trinajstić information content (AvgIpc) is 3.42. The van der Waals surface area contributed by atoms with E-state index < -0.39 is 5.92 Å². The first-order valence-corrected chi connectivity index (χ1v) is 9.04. The van der Waals surface area contributed by atoms with Crippen molar-refractivity contribution in [1.82, 2.24) is 10.2 Å². The topological polar surface area (TPSA) is 96.5 Å². The number of aromatic nitrogens is 2. The summed E-state index contributed by atoms with van der Waals surface area (Å²) in [7, 11) is 0. The highest BCUT2D eigenvalue weighted by atomic mass is 16.7. The second kappa shape index (κ2) is 6.26. The lowest BCUT2D eigenvalue weighted by molar-refractivity contribution is -0.122. The summed E-state index contributed by atoms with van der Waals surface area (Å²) in [6.07, 6.45) is 1.90. The lowest BCUT2D eigenvalue weighted by atomic mass is 10.1. The van der Waals surface area contributed by atoms with Gasteiger partial charge >= 0.3 is 0 Å². The van der Waals surface area contributed by atoms with Gasteiger partial charge in [0.2, 0.25) is 18.6 Å². The number of benzene rings is 2. The number of aryl methyl sites for hydroxylation is 1. The van der Waals surface area contributed by atoms with Crippen LogP contribution in [-0.2, 0) is 9.59 Å². The van der Waals surface area contributed by atoms with Crippen LogP contribution >= 0.6 is 0 Å². The van der Waals surface area contributed by atoms with Gasteiger partial charge in [-0.1, -0.05) is 6.07 Å². The number of fused-ring (bicyclic) bond motifs is 2. The fourth-order valence-electron chi connectivity index (χ4n) is 3.70. The Hall–Kier alpha value is -3.55. The van der Waals surface area contributed by atoms with Crippen molar-refractivity contribution in [2.75, 3.05) is 23.6 Å². The highest BCUT2D eigenvalue weighted by molar-refractivity contribution is 6.06. The summed E-state index contributed by atoms with van der Waals surface area (Å²) in [6.45, 7) is 2.49. The van der Waals surface area contributed by atoms with Gasteiger partial charge in [-0.15, -0.1) is 0 Å². The molecule has 0 bridgehead atoms. The minimum atomic E-state index is -0.433. The molecule has 28 heavy (non-hydrogen) atoms. The Morgan fingerprint density at radius 3 is 3.00 bits per heavy atom. The molecule has 2 aliphatic heterocycles. The number of carbonyl (C=O) groups excluding carboxylic acids is 2. The van der Waals surface area contributed by atoms with Gasteiger partial charge in [0, 0.05) is 30.1 Å². The van der Waals surface area contributed by atoms with Gasteiger partial charge in [-0.25, -0.2) is 0 Å². The molecule has 0 spiro atoms. The predicted octanol–water partition coefficient (Wildman–Crippen LogP) is 2.59. The maximum absolute atomic E-state index is 12.8. The highest BCUT2D eigenvalue weighted by Gasteiger charge is 2.36. The second-order valence-electron chi connectivity index (χ2n) is 7.02. The molecule has 0 unspecified atom stereocenters. The van der Waals surface area contributed by atoms with Gasteiger partial charge in [-0.2, -0.15) is 5.10 Å². The van der Waals surface area contributed by atoms with Crippen molar-refractivity contribution in [3.63, 3.8) is 0 Å². The molecular weight excluding hydrogens is 360 g/mol. The third-order valence-electron chi connectivity index (χ3n) is 5.26. The van der Waals surface area contributed by atoms with Gasteiger partial charge in [0.05, 0.1) is 23.3 Å². The molecule has 1 atom stereocenters. The molecule has 3 aromatic rings. The first-order valence-electron chi connectivity index (χ1n) is 9.04. The lowest BCUT2D eigenvalue weighted by Gasteiger charge is -2.17. The minimum Gasteiger partial charge on any atom is -0.454 e. The number of H-pyrrole nitrogens is 1. The van der Waals surface area contributed by atoms with E-state index in [2.05, 4.69) is 15.5 Å². The van der Waals surface area contributed by atoms with Crippen LogP contribution in [0, 0.1) is 12.8 Å². The van der Waals surface area contributed by atoms with E-state index in [0.717, 1.165) is 16.5 Å². The first-order chi connectivity index (χ1) is 13.6. The summed E-state index contributed by atoms with van der Waals surface area (Å²) >= 11 is 0. The Balaban J connectivity index is 1.34. The van der Waals surface area contributed by atoms with Crippen LogP contribution in [0.5, 0.6) is 11.5 Å². The molecule has 3 heterocycles. The van der Waals surface area contributed by atoms with E-state index in [1.54, 1.807) is 29.3 Å². The van der Waals surface area contributed by atoms with Crippen LogP contribution < -0.4 is 19.7 Å². The maximum Gasteiger partial charge on any atom is 0.231 e. The van der Waals surface area contributed by atoms with E-state index in [1.165, 1.54) is 0 Å². The zero-order valence-electron chi connectivity index (χ0n) is 15.2. The van der Waals surface area contributed by atoms with Gasteiger partial charge < -0.3 is 19.7 Å². The smallest absolute Gasteiger partial charge is 0.231 e. The van der Waals surface area contributed by atoms with Crippen LogP contribution in [0.2, 0.25) is 0 Å². The molecular formula is C20H18N4O4. The predicted molar refractivity (Wildman–Crippen MR) is 102 cm³/mol. The van der Waals surface area contributed by atoms with Crippen LogP contribution in [0.1, 0.15) is 12.0 Å². The van der Waals surface area contributed by atoms with Crippen LogP contribution in [0.15, 0.2) is 36.5 Å². The highest BCUT2D eigenvalue weighted by Crippen LogP contribution is 2.37. The largest absolute Gasteiger partial charge is 0.454 e. The number of hydrogen-bond acceptors (Lipinski definition) is 5. The third kappa shape index (κ3) is 2.65. The third-order valence-corrected chi connectivity index (χ3v) is 5.26. The quantitative estimate of drug-likeness (QED) is 0.730. The standard InChI is InChI=1S/C20H18N4O4/c1-11-2-4-15(19-14(11)8-21-23-19)22-20(26)12-6-18(25)24(9-12)13-3-5-16-17(7-13)28-10-27-16/h2-5,7-8,12H,6,9-10H2,1H3,(H,21,23)(H,22,26)/t12-/m1/s1. The fourth-order valence-corrected chi connectivity index (χ4v) is 3.70. The summed E-state index contributed by atoms with van der Waals surface area (Å²) in [5, 5.41) is 10.9. The zero-order chi connectivity index (χ0) is 19.3. The number of nitrogens with zero attached hydrogens (tertiary/aromatic N) is 2. The van der Waals surface area contributed by atoms with E-state index in [-0.39, 0.29) is 25.0 Å². The normalized spacial score (nSPS) is 18.1. The molecule has 0 aliphatic carbocycles. The SMILES string of the molecule is Cc1ccc(NC(=O)[C@@H]2CC(=O)N(c3ccc4c(c3)OCO4)C2)c2[nH]ncc12. The van der Waals surface area contributed by atoms with E-state index in [4.69, 9.17) is 9.47 Å². The molecule has 1 aromatic heterocycles. The van der Waals surface area contributed by atoms with Gasteiger partial charge in [0.25, 0.3) is 0 Å². The molecule has 0 radical (unpaired) electrons. The molecule has 2 amide bonds. The molecule has 142 valence electrons. The summed E-state index contributed by atoms with van der Waals surface area (Å²) < 4.78 is 10.7. The number of rotatable bonds is 3. The molecule has 0 saturated carbocycles. The number of amides is 2. The zero-order valence-corrected chi connectivity index (χ0v) is 15.2. The number of hydrogen-bond donors (Lipinski definition) is 2. The van der Waals surface area contributed by atoms with Gasteiger partial charge in [0.15, 0.2) is 11.5 Å². The van der Waals surface area contributed by atoms with Crippen molar-refractivity contribution in [3.05, 3.63) is 42.1 Å². The summed E-state index contributed by atoms with van der Waals surface area (Å²) in [6, 6.07) is 9.14. The monoisotopic (exact) mass is 378 g/mol. The fraction of sp³-hybridized carbons (Fsp3) is 0.250. The van der Waals surface area contributed by atoms with Crippen LogP contribution in [0.25, 0.3) is 10.9 Å². The number of carbonyl (C=O) groups is 2. The van der Waals surface area contributed by atoms with Crippen LogP contribution in [-0.4, -0.2) is 35.3 Å². The number of nitrogens with one attached hydrogen (secondary N) is 2. The summed E-state index contributed by atoms with van der Waals surface area (Å²) in [5.74, 6) is 0.565. The van der Waals surface area contributed by atoms with Crippen molar-refractivity contribution in [2.45, 2.75) is 13.3 Å². The molecule has 8 heteroatoms. The van der Waals surface area contributed by atoms with E-state index in [1.807, 2.05) is 19.1 Å². The first kappa shape index (κ1) is 16.6. The van der Waals surface area contributed by atoms with Crippen LogP contribution in [0.4, 0.5) is 11.4 Å². The molecule has 8 nitrogen and oxygen atoms in total. The van der Waals surface area contributed by atoms with Crippen molar-refractivity contribution >= 4 is 34.1 Å². The van der Waals surface area contributed by atoms with Crippen LogP contribution in [0.3, 0.4) is 0 Å². The molecule has 2 aliphatic rings. The Labute approximate surface area is 160 Å². The van der Waals surface area contributed by atoms with Gasteiger partial charge in [-0.05, 0) is 30.7 Å². The summed E-state index contributed by atoms with van der Waals surface area (Å²) in [4.78, 5) is 26.9. The van der Waals surface area contributed by atoms with Crippen molar-refractivity contribution < 1.29 is 19.1 Å². The Morgan fingerprint density at radius 2 is 2.11 bits per heavy atom. The molecule has 2 aromatic carbocycles. The van der Waals surface area contributed by atoms with Crippen molar-refractivity contribution in [1.29, 1.82) is 0 Å². The minimum absolute atomic E-state index is 0.0883. The molecule has 2 N–H and O–H groups in total. The van der Waals surface area contributed by atoms with Crippen molar-refractivity contribution in [2.24, 2.45) is 5.92 Å². The summed E-state index contributed by atoms with van der Waals surface area (Å²) in [5.41, 5.74) is 3.23. The van der Waals surface area contributed by atoms with E-state index >= 15 is 0 Å². The average molecular weight is 378 g/mol. The Bertz CT molecular complexity index is 1110.